The number of carbonyl (C=O) groups excluding carboxylic acids is 3. The maximum atomic E-state index is 12.8. The van der Waals surface area contributed by atoms with Gasteiger partial charge in [-0.3, -0.25) is 9.59 Å². The minimum Gasteiger partial charge on any atom is -0.462 e. The van der Waals surface area contributed by atoms with Crippen LogP contribution in [0.5, 0.6) is 0 Å². The Balaban J connectivity index is 1.97. The summed E-state index contributed by atoms with van der Waals surface area (Å²) in [6, 6.07) is 5.76. The lowest BCUT2D eigenvalue weighted by Gasteiger charge is -2.39. The number of ether oxygens (including phenoxy) is 1. The van der Waals surface area contributed by atoms with Crippen LogP contribution in [0.3, 0.4) is 0 Å². The Bertz CT molecular complexity index is 747. The second kappa shape index (κ2) is 10.4. The Morgan fingerprint density at radius 3 is 2.34 bits per heavy atom. The molecule has 1 aliphatic rings. The monoisotopic (exact) mass is 399 g/mol. The number of benzene rings is 1. The molecule has 0 aromatic heterocycles. The lowest BCUT2D eigenvalue weighted by molar-refractivity contribution is -0.131. The zero-order valence-corrected chi connectivity index (χ0v) is 17.9. The van der Waals surface area contributed by atoms with E-state index >= 15 is 0 Å². The van der Waals surface area contributed by atoms with Crippen LogP contribution in [0, 0.1) is 5.41 Å². The molecule has 1 unspecified atom stereocenters. The molecule has 0 radical (unpaired) electrons. The molecule has 0 spiro atoms. The molecule has 29 heavy (non-hydrogen) atoms. The van der Waals surface area contributed by atoms with Gasteiger partial charge in [-0.15, -0.1) is 0 Å². The van der Waals surface area contributed by atoms with Crippen LogP contribution < -0.4 is 5.32 Å². The van der Waals surface area contributed by atoms with E-state index in [1.807, 2.05) is 13.8 Å². The van der Waals surface area contributed by atoms with E-state index in [4.69, 9.17) is 4.74 Å². The van der Waals surface area contributed by atoms with Gasteiger partial charge in [0.15, 0.2) is 11.6 Å². The summed E-state index contributed by atoms with van der Waals surface area (Å²) in [5.74, 6) is -0.705. The highest BCUT2D eigenvalue weighted by Crippen LogP contribution is 2.42. The third-order valence-electron chi connectivity index (χ3n) is 6.05. The Morgan fingerprint density at radius 2 is 1.76 bits per heavy atom. The molecular weight excluding hydrogens is 366 g/mol. The number of carbonyl (C=O) groups is 3. The molecule has 5 heteroatoms. The molecule has 0 heterocycles. The van der Waals surface area contributed by atoms with Gasteiger partial charge in [-0.2, -0.15) is 0 Å². The molecule has 5 nitrogen and oxygen atoms in total. The summed E-state index contributed by atoms with van der Waals surface area (Å²) in [4.78, 5) is 37.5. The number of ketones is 2. The van der Waals surface area contributed by atoms with Crippen molar-refractivity contribution in [3.63, 3.8) is 0 Å². The minimum absolute atomic E-state index is 0.110. The third-order valence-corrected chi connectivity index (χ3v) is 6.05. The van der Waals surface area contributed by atoms with Crippen LogP contribution in [-0.4, -0.2) is 30.2 Å². The molecule has 1 saturated carbocycles. The fourth-order valence-electron chi connectivity index (χ4n) is 3.84. The number of rotatable bonds is 10. The first-order valence-corrected chi connectivity index (χ1v) is 10.7. The van der Waals surface area contributed by atoms with Crippen LogP contribution in [0.15, 0.2) is 36.4 Å². The highest BCUT2D eigenvalue weighted by Gasteiger charge is 2.46. The normalized spacial score (nSPS) is 18.6. The van der Waals surface area contributed by atoms with Crippen LogP contribution in [-0.2, 0) is 14.3 Å². The van der Waals surface area contributed by atoms with Crippen LogP contribution in [0.4, 0.5) is 5.69 Å². The maximum Gasteiger partial charge on any atom is 0.338 e. The van der Waals surface area contributed by atoms with Crippen molar-refractivity contribution in [3.8, 4) is 0 Å². The predicted octanol–water partition coefficient (Wildman–Crippen LogP) is 5.11. The maximum absolute atomic E-state index is 12.8. The molecule has 1 aromatic carbocycles. The van der Waals surface area contributed by atoms with Crippen LogP contribution in [0.1, 0.15) is 76.1 Å². The van der Waals surface area contributed by atoms with Gasteiger partial charge in [0, 0.05) is 17.5 Å². The fraction of sp³-hybridized carbons (Fsp3) is 0.542. The third kappa shape index (κ3) is 5.34. The second-order valence-corrected chi connectivity index (χ2v) is 7.82. The summed E-state index contributed by atoms with van der Waals surface area (Å²) >= 11 is 0. The fourth-order valence-corrected chi connectivity index (χ4v) is 3.84. The summed E-state index contributed by atoms with van der Waals surface area (Å²) in [5, 5.41) is 3.02. The van der Waals surface area contributed by atoms with Gasteiger partial charge in [0.1, 0.15) is 6.04 Å². The van der Waals surface area contributed by atoms with E-state index in [0.29, 0.717) is 29.9 Å². The van der Waals surface area contributed by atoms with Crippen LogP contribution >= 0.6 is 0 Å². The first-order chi connectivity index (χ1) is 13.9. The van der Waals surface area contributed by atoms with Crippen molar-refractivity contribution < 1.29 is 19.1 Å². The molecule has 1 aromatic rings. The Hall–Kier alpha value is -2.43. The molecule has 0 saturated heterocycles. The summed E-state index contributed by atoms with van der Waals surface area (Å²) in [6.07, 6.45) is 5.97. The first-order valence-electron chi connectivity index (χ1n) is 10.7. The predicted molar refractivity (Wildman–Crippen MR) is 115 cm³/mol. The molecule has 1 aliphatic carbocycles. The highest BCUT2D eigenvalue weighted by molar-refractivity contribution is 6.19. The lowest BCUT2D eigenvalue weighted by Crippen LogP contribution is -2.49. The second-order valence-electron chi connectivity index (χ2n) is 7.82. The molecule has 1 atom stereocenters. The Labute approximate surface area is 173 Å². The van der Waals surface area contributed by atoms with E-state index in [-0.39, 0.29) is 17.5 Å². The topological polar surface area (TPSA) is 72.5 Å². The molecule has 1 N–H and O–H groups in total. The number of esters is 1. The number of Topliss-reactive ketones (excluding diaryl/α,β-unsaturated/α-hetero) is 2. The van der Waals surface area contributed by atoms with Crippen molar-refractivity contribution in [1.82, 2.24) is 0 Å². The van der Waals surface area contributed by atoms with Gasteiger partial charge in [0.05, 0.1) is 12.2 Å². The van der Waals surface area contributed by atoms with E-state index in [1.165, 1.54) is 0 Å². The van der Waals surface area contributed by atoms with Crippen LogP contribution in [0.25, 0.3) is 0 Å². The van der Waals surface area contributed by atoms with Gasteiger partial charge in [0.2, 0.25) is 0 Å². The van der Waals surface area contributed by atoms with Crippen molar-refractivity contribution in [3.05, 3.63) is 42.0 Å². The summed E-state index contributed by atoms with van der Waals surface area (Å²) in [5.41, 5.74) is 1.18. The quantitative estimate of drug-likeness (QED) is 0.256. The zero-order valence-electron chi connectivity index (χ0n) is 17.9. The lowest BCUT2D eigenvalue weighted by atomic mass is 9.65. The van der Waals surface area contributed by atoms with Crippen LogP contribution in [0.2, 0.25) is 0 Å². The minimum atomic E-state index is -0.912. The van der Waals surface area contributed by atoms with Crippen molar-refractivity contribution in [1.29, 1.82) is 0 Å². The molecular formula is C24H33NO4. The molecule has 2 rings (SSSR count). The number of unbranched alkanes of at least 4 members (excludes halogenated alkanes) is 3. The molecule has 158 valence electrons. The molecule has 1 fully saturated rings. The van der Waals surface area contributed by atoms with E-state index in [0.717, 1.165) is 38.5 Å². The smallest absolute Gasteiger partial charge is 0.338 e. The number of hydrogen-bond donors (Lipinski definition) is 1. The van der Waals surface area contributed by atoms with Crippen molar-refractivity contribution >= 4 is 23.2 Å². The number of hydrogen-bond acceptors (Lipinski definition) is 5. The molecule has 0 amide bonds. The highest BCUT2D eigenvalue weighted by atomic mass is 16.5. The zero-order chi connectivity index (χ0) is 21.4. The summed E-state index contributed by atoms with van der Waals surface area (Å²) < 4.78 is 5.28. The SMILES string of the molecule is C=C1C(=O)C(Nc2ccc(C(=O)OCCCCCC)cc2)C(=O)CC1(CC)CC. The average molecular weight is 400 g/mol. The van der Waals surface area contributed by atoms with E-state index in [1.54, 1.807) is 24.3 Å². The Kier molecular flexibility index (Phi) is 8.18. The average Bonchev–Trinajstić information content (AvgIpc) is 2.74. The van der Waals surface area contributed by atoms with Gasteiger partial charge >= 0.3 is 5.97 Å². The van der Waals surface area contributed by atoms with Crippen molar-refractivity contribution in [2.45, 2.75) is 71.8 Å². The molecule has 0 aliphatic heterocycles. The first kappa shape index (κ1) is 22.9. The van der Waals surface area contributed by atoms with E-state index in [9.17, 15) is 14.4 Å². The van der Waals surface area contributed by atoms with Gasteiger partial charge in [-0.05, 0) is 49.1 Å². The van der Waals surface area contributed by atoms with E-state index < -0.39 is 11.5 Å². The van der Waals surface area contributed by atoms with Gasteiger partial charge in [-0.25, -0.2) is 4.79 Å². The van der Waals surface area contributed by atoms with Gasteiger partial charge in [0.25, 0.3) is 0 Å². The van der Waals surface area contributed by atoms with Crippen molar-refractivity contribution in [2.75, 3.05) is 11.9 Å². The Morgan fingerprint density at radius 1 is 1.10 bits per heavy atom. The summed E-state index contributed by atoms with van der Waals surface area (Å²) in [6.45, 7) is 10.5. The van der Waals surface area contributed by atoms with Gasteiger partial charge in [-0.1, -0.05) is 46.6 Å². The number of nitrogens with one attached hydrogen (secondary N) is 1. The molecule has 0 bridgehead atoms. The van der Waals surface area contributed by atoms with E-state index in [2.05, 4.69) is 18.8 Å². The van der Waals surface area contributed by atoms with Gasteiger partial charge < -0.3 is 10.1 Å². The largest absolute Gasteiger partial charge is 0.462 e. The standard InChI is InChI=1S/C24H33NO4/c1-5-8-9-10-15-29-23(28)18-11-13-19(14-12-18)25-21-20(26)16-24(6-2,7-3)17(4)22(21)27/h11-14,21,25H,4-10,15-16H2,1-3H3. The van der Waals surface area contributed by atoms with Crippen molar-refractivity contribution in [2.24, 2.45) is 5.41 Å². The number of anilines is 1. The summed E-state index contributed by atoms with van der Waals surface area (Å²) in [7, 11) is 0.